The maximum Gasteiger partial charge on any atom is 0.0595 e. The van der Waals surface area contributed by atoms with Crippen molar-refractivity contribution in [2.24, 2.45) is 5.73 Å². The van der Waals surface area contributed by atoms with Crippen LogP contribution in [-0.4, -0.2) is 0 Å². The monoisotopic (exact) mass is 299 g/mol. The van der Waals surface area contributed by atoms with E-state index >= 15 is 0 Å². The number of rotatable bonds is 2. The lowest BCUT2D eigenvalue weighted by Crippen LogP contribution is -2.12. The zero-order valence-corrected chi connectivity index (χ0v) is 12.0. The zero-order valence-electron chi connectivity index (χ0n) is 9.75. The molecule has 0 aromatic heterocycles. The van der Waals surface area contributed by atoms with Crippen LogP contribution in [0.4, 0.5) is 0 Å². The molecule has 0 radical (unpaired) electrons. The van der Waals surface area contributed by atoms with Crippen LogP contribution in [-0.2, 0) is 0 Å². The van der Waals surface area contributed by atoms with Gasteiger partial charge in [-0.1, -0.05) is 53.0 Å². The molecule has 0 aliphatic carbocycles. The van der Waals surface area contributed by atoms with Crippen LogP contribution in [0.15, 0.2) is 36.4 Å². The zero-order chi connectivity index (χ0) is 13.3. The van der Waals surface area contributed by atoms with E-state index in [9.17, 15) is 0 Å². The fourth-order valence-corrected chi connectivity index (χ4v) is 2.43. The number of benzene rings is 2. The molecule has 1 unspecified atom stereocenters. The van der Waals surface area contributed by atoms with Crippen molar-refractivity contribution in [1.82, 2.24) is 0 Å². The third-order valence-corrected chi connectivity index (χ3v) is 3.86. The first-order valence-corrected chi connectivity index (χ1v) is 6.59. The van der Waals surface area contributed by atoms with Crippen LogP contribution in [0.5, 0.6) is 0 Å². The van der Waals surface area contributed by atoms with Gasteiger partial charge in [0.05, 0.1) is 16.1 Å². The Bertz CT molecular complexity index is 581. The SMILES string of the molecule is Cc1ccc(C(N)c2ccc(Cl)c(Cl)c2)c(Cl)c1. The summed E-state index contributed by atoms with van der Waals surface area (Å²) in [7, 11) is 0. The molecule has 2 rings (SSSR count). The minimum absolute atomic E-state index is 0.312. The summed E-state index contributed by atoms with van der Waals surface area (Å²) in [6, 6.07) is 10.9. The summed E-state index contributed by atoms with van der Waals surface area (Å²) in [6.45, 7) is 1.99. The lowest BCUT2D eigenvalue weighted by atomic mass is 9.99. The number of hydrogen-bond acceptors (Lipinski definition) is 1. The van der Waals surface area contributed by atoms with Crippen LogP contribution in [0, 0.1) is 6.92 Å². The van der Waals surface area contributed by atoms with E-state index in [4.69, 9.17) is 40.5 Å². The Hall–Kier alpha value is -0.730. The second-order valence-electron chi connectivity index (χ2n) is 4.18. The van der Waals surface area contributed by atoms with Gasteiger partial charge in [0.15, 0.2) is 0 Å². The Morgan fingerprint density at radius 1 is 0.889 bits per heavy atom. The summed E-state index contributed by atoms with van der Waals surface area (Å²) < 4.78 is 0. The van der Waals surface area contributed by atoms with Crippen LogP contribution in [0.1, 0.15) is 22.7 Å². The van der Waals surface area contributed by atoms with Crippen LogP contribution < -0.4 is 5.73 Å². The average Bonchev–Trinajstić information content (AvgIpc) is 2.32. The number of aryl methyl sites for hydroxylation is 1. The van der Waals surface area contributed by atoms with Crippen molar-refractivity contribution in [2.75, 3.05) is 0 Å². The van der Waals surface area contributed by atoms with E-state index in [-0.39, 0.29) is 6.04 Å². The first-order valence-electron chi connectivity index (χ1n) is 5.45. The van der Waals surface area contributed by atoms with Gasteiger partial charge >= 0.3 is 0 Å². The van der Waals surface area contributed by atoms with E-state index in [1.54, 1.807) is 12.1 Å². The highest BCUT2D eigenvalue weighted by molar-refractivity contribution is 6.42. The molecule has 0 aliphatic rings. The number of halogens is 3. The molecule has 1 atom stereocenters. The van der Waals surface area contributed by atoms with Gasteiger partial charge in [-0.25, -0.2) is 0 Å². The van der Waals surface area contributed by atoms with E-state index in [1.807, 2.05) is 31.2 Å². The van der Waals surface area contributed by atoms with Crippen molar-refractivity contribution in [1.29, 1.82) is 0 Å². The summed E-state index contributed by atoms with van der Waals surface area (Å²) in [6.07, 6.45) is 0. The molecule has 1 nitrogen and oxygen atoms in total. The summed E-state index contributed by atoms with van der Waals surface area (Å²) >= 11 is 18.1. The Balaban J connectivity index is 2.41. The number of nitrogens with two attached hydrogens (primary N) is 1. The van der Waals surface area contributed by atoms with Gasteiger partial charge in [-0.05, 0) is 41.8 Å². The van der Waals surface area contributed by atoms with Gasteiger partial charge < -0.3 is 5.73 Å². The molecule has 0 saturated carbocycles. The van der Waals surface area contributed by atoms with E-state index in [0.29, 0.717) is 15.1 Å². The number of hydrogen-bond donors (Lipinski definition) is 1. The summed E-state index contributed by atoms with van der Waals surface area (Å²) in [4.78, 5) is 0. The second-order valence-corrected chi connectivity index (χ2v) is 5.40. The lowest BCUT2D eigenvalue weighted by molar-refractivity contribution is 0.871. The quantitative estimate of drug-likeness (QED) is 0.829. The highest BCUT2D eigenvalue weighted by Gasteiger charge is 2.13. The smallest absolute Gasteiger partial charge is 0.0595 e. The fraction of sp³-hybridized carbons (Fsp3) is 0.143. The Morgan fingerprint density at radius 3 is 2.22 bits per heavy atom. The highest BCUT2D eigenvalue weighted by atomic mass is 35.5. The van der Waals surface area contributed by atoms with Gasteiger partial charge in [-0.15, -0.1) is 0 Å². The molecule has 18 heavy (non-hydrogen) atoms. The fourth-order valence-electron chi connectivity index (χ4n) is 1.77. The largest absolute Gasteiger partial charge is 0.320 e. The van der Waals surface area contributed by atoms with E-state index in [1.165, 1.54) is 0 Å². The third kappa shape index (κ3) is 2.81. The predicted molar refractivity (Wildman–Crippen MR) is 78.7 cm³/mol. The van der Waals surface area contributed by atoms with Crippen molar-refractivity contribution >= 4 is 34.8 Å². The molecule has 0 spiro atoms. The van der Waals surface area contributed by atoms with Crippen molar-refractivity contribution in [3.63, 3.8) is 0 Å². The van der Waals surface area contributed by atoms with Gasteiger partial charge in [-0.3, -0.25) is 0 Å². The van der Waals surface area contributed by atoms with Crippen LogP contribution in [0.2, 0.25) is 15.1 Å². The second kappa shape index (κ2) is 5.50. The molecule has 0 saturated heterocycles. The van der Waals surface area contributed by atoms with E-state index < -0.39 is 0 Å². The van der Waals surface area contributed by atoms with Crippen LogP contribution >= 0.6 is 34.8 Å². The average molecular weight is 301 g/mol. The van der Waals surface area contributed by atoms with Gasteiger partial charge in [0, 0.05) is 5.02 Å². The van der Waals surface area contributed by atoms with Gasteiger partial charge in [0.25, 0.3) is 0 Å². The van der Waals surface area contributed by atoms with Crippen molar-refractivity contribution in [3.05, 3.63) is 68.2 Å². The molecule has 0 fully saturated rings. The molecule has 2 aromatic rings. The molecule has 4 heteroatoms. The van der Waals surface area contributed by atoms with Gasteiger partial charge in [0.1, 0.15) is 0 Å². The molecule has 2 N–H and O–H groups in total. The summed E-state index contributed by atoms with van der Waals surface area (Å²) in [5, 5.41) is 1.67. The normalized spacial score (nSPS) is 12.5. The van der Waals surface area contributed by atoms with Gasteiger partial charge in [0.2, 0.25) is 0 Å². The molecular formula is C14H12Cl3N. The Kier molecular flexibility index (Phi) is 4.18. The topological polar surface area (TPSA) is 26.0 Å². The summed E-state index contributed by atoms with van der Waals surface area (Å²) in [5.74, 6) is 0. The van der Waals surface area contributed by atoms with Crippen molar-refractivity contribution in [2.45, 2.75) is 13.0 Å². The molecular weight excluding hydrogens is 289 g/mol. The van der Waals surface area contributed by atoms with Gasteiger partial charge in [-0.2, -0.15) is 0 Å². The lowest BCUT2D eigenvalue weighted by Gasteiger charge is -2.15. The van der Waals surface area contributed by atoms with E-state index in [0.717, 1.165) is 16.7 Å². The van der Waals surface area contributed by atoms with E-state index in [2.05, 4.69) is 0 Å². The van der Waals surface area contributed by atoms with Crippen LogP contribution in [0.25, 0.3) is 0 Å². The Morgan fingerprint density at radius 2 is 1.61 bits per heavy atom. The highest BCUT2D eigenvalue weighted by Crippen LogP contribution is 2.30. The maximum absolute atomic E-state index is 6.21. The predicted octanol–water partition coefficient (Wildman–Crippen LogP) is 5.00. The Labute approximate surface area is 121 Å². The first kappa shape index (κ1) is 13.7. The molecule has 0 aliphatic heterocycles. The minimum Gasteiger partial charge on any atom is -0.320 e. The molecule has 0 amide bonds. The summed E-state index contributed by atoms with van der Waals surface area (Å²) in [5.41, 5.74) is 9.06. The minimum atomic E-state index is -0.312. The molecule has 94 valence electrons. The van der Waals surface area contributed by atoms with Crippen molar-refractivity contribution < 1.29 is 0 Å². The molecule has 0 heterocycles. The molecule has 0 bridgehead atoms. The first-order chi connectivity index (χ1) is 8.49. The van der Waals surface area contributed by atoms with Crippen LogP contribution in [0.3, 0.4) is 0 Å². The standard InChI is InChI=1S/C14H12Cl3N/c1-8-2-4-10(12(16)6-8)14(18)9-3-5-11(15)13(17)7-9/h2-7,14H,18H2,1H3. The third-order valence-electron chi connectivity index (χ3n) is 2.79. The maximum atomic E-state index is 6.21. The van der Waals surface area contributed by atoms with Crippen molar-refractivity contribution in [3.8, 4) is 0 Å². The molecule has 2 aromatic carbocycles.